The number of hydrogen-bond acceptors (Lipinski definition) is 4. The van der Waals surface area contributed by atoms with Crippen LogP contribution in [-0.4, -0.2) is 23.9 Å². The van der Waals surface area contributed by atoms with Crippen LogP contribution in [0.25, 0.3) is 6.08 Å². The van der Waals surface area contributed by atoms with E-state index in [0.717, 1.165) is 9.37 Å². The van der Waals surface area contributed by atoms with Gasteiger partial charge in [-0.05, 0) is 50.3 Å². The molecule has 7 heteroatoms. The Labute approximate surface area is 164 Å². The van der Waals surface area contributed by atoms with Crippen LogP contribution in [0.2, 0.25) is 0 Å². The average molecular weight is 429 g/mol. The van der Waals surface area contributed by atoms with E-state index in [-0.39, 0.29) is 11.7 Å². The van der Waals surface area contributed by atoms with Gasteiger partial charge in [0, 0.05) is 10.0 Å². The molecule has 1 saturated heterocycles. The molecule has 1 aliphatic heterocycles. The van der Waals surface area contributed by atoms with Crippen LogP contribution in [0.5, 0.6) is 5.75 Å². The Morgan fingerprint density at radius 1 is 1.04 bits per heavy atom. The highest BCUT2D eigenvalue weighted by atomic mass is 79.9. The number of urea groups is 1. The third-order valence-corrected chi connectivity index (χ3v) is 4.30. The minimum Gasteiger partial charge on any atom is -0.490 e. The van der Waals surface area contributed by atoms with Gasteiger partial charge in [-0.25, -0.2) is 9.69 Å². The van der Waals surface area contributed by atoms with Gasteiger partial charge >= 0.3 is 6.03 Å². The molecule has 27 heavy (non-hydrogen) atoms. The number of carbonyl (C=O) groups excluding carboxylic acids is 3. The standard InChI is InChI=1S/C20H17BrN2O4/c1-12(2)27-17-6-4-3-5-13(17)11-16-18(24)22-20(26)23(19(16)25)15-9-7-14(21)8-10-15/h3-12H,1-2H3,(H,22,24,26)/b16-11+. The Balaban J connectivity index is 2.01. The number of amides is 4. The van der Waals surface area contributed by atoms with Crippen molar-refractivity contribution in [2.45, 2.75) is 20.0 Å². The fraction of sp³-hybridized carbons (Fsp3) is 0.150. The lowest BCUT2D eigenvalue weighted by atomic mass is 10.1. The first-order valence-electron chi connectivity index (χ1n) is 8.29. The predicted molar refractivity (Wildman–Crippen MR) is 105 cm³/mol. The van der Waals surface area contributed by atoms with Crippen molar-refractivity contribution in [3.8, 4) is 5.75 Å². The zero-order valence-electron chi connectivity index (χ0n) is 14.7. The van der Waals surface area contributed by atoms with E-state index in [1.807, 2.05) is 13.8 Å². The molecule has 0 spiro atoms. The van der Waals surface area contributed by atoms with Crippen molar-refractivity contribution < 1.29 is 19.1 Å². The Hall–Kier alpha value is -2.93. The molecule has 1 aliphatic rings. The third-order valence-electron chi connectivity index (χ3n) is 3.77. The van der Waals surface area contributed by atoms with Crippen LogP contribution >= 0.6 is 15.9 Å². The van der Waals surface area contributed by atoms with Crippen LogP contribution in [0.3, 0.4) is 0 Å². The number of halogens is 1. The van der Waals surface area contributed by atoms with Gasteiger partial charge in [0.15, 0.2) is 0 Å². The lowest BCUT2D eigenvalue weighted by Crippen LogP contribution is -2.54. The fourth-order valence-electron chi connectivity index (χ4n) is 2.60. The second-order valence-electron chi connectivity index (χ2n) is 6.14. The summed E-state index contributed by atoms with van der Waals surface area (Å²) >= 11 is 3.31. The summed E-state index contributed by atoms with van der Waals surface area (Å²) in [6.07, 6.45) is 1.37. The van der Waals surface area contributed by atoms with E-state index in [0.29, 0.717) is 17.0 Å². The lowest BCUT2D eigenvalue weighted by Gasteiger charge is -2.26. The summed E-state index contributed by atoms with van der Waals surface area (Å²) < 4.78 is 6.54. The molecular weight excluding hydrogens is 412 g/mol. The highest BCUT2D eigenvalue weighted by Crippen LogP contribution is 2.26. The second-order valence-corrected chi connectivity index (χ2v) is 7.05. The highest BCUT2D eigenvalue weighted by Gasteiger charge is 2.36. The monoisotopic (exact) mass is 428 g/mol. The molecule has 2 aromatic rings. The number of ether oxygens (including phenoxy) is 1. The molecule has 0 aliphatic carbocycles. The summed E-state index contributed by atoms with van der Waals surface area (Å²) in [5.74, 6) is -0.879. The number of barbiturate groups is 1. The van der Waals surface area contributed by atoms with Gasteiger partial charge in [-0.3, -0.25) is 14.9 Å². The van der Waals surface area contributed by atoms with E-state index < -0.39 is 17.8 Å². The summed E-state index contributed by atoms with van der Waals surface area (Å²) in [6, 6.07) is 13.0. The Morgan fingerprint density at radius 3 is 2.37 bits per heavy atom. The van der Waals surface area contributed by atoms with E-state index >= 15 is 0 Å². The van der Waals surface area contributed by atoms with Crippen molar-refractivity contribution in [3.63, 3.8) is 0 Å². The van der Waals surface area contributed by atoms with E-state index in [1.165, 1.54) is 6.08 Å². The number of benzene rings is 2. The van der Waals surface area contributed by atoms with Gasteiger partial charge in [0.2, 0.25) is 0 Å². The van der Waals surface area contributed by atoms with Crippen LogP contribution in [-0.2, 0) is 9.59 Å². The SMILES string of the molecule is CC(C)Oc1ccccc1/C=C1\C(=O)NC(=O)N(c2ccc(Br)cc2)C1=O. The molecule has 0 radical (unpaired) electrons. The molecule has 6 nitrogen and oxygen atoms in total. The van der Waals surface area contributed by atoms with Crippen molar-refractivity contribution in [1.82, 2.24) is 5.32 Å². The van der Waals surface area contributed by atoms with Gasteiger partial charge in [0.05, 0.1) is 11.8 Å². The summed E-state index contributed by atoms with van der Waals surface area (Å²) in [7, 11) is 0. The average Bonchev–Trinajstić information content (AvgIpc) is 2.61. The quantitative estimate of drug-likeness (QED) is 0.591. The van der Waals surface area contributed by atoms with Gasteiger partial charge in [0.25, 0.3) is 11.8 Å². The highest BCUT2D eigenvalue weighted by molar-refractivity contribution is 9.10. The predicted octanol–water partition coefficient (Wildman–Crippen LogP) is 3.90. The summed E-state index contributed by atoms with van der Waals surface area (Å²) in [4.78, 5) is 38.3. The Kier molecular flexibility index (Phi) is 5.41. The minimum atomic E-state index is -0.781. The van der Waals surface area contributed by atoms with Crippen molar-refractivity contribution in [2.24, 2.45) is 0 Å². The van der Waals surface area contributed by atoms with Crippen LogP contribution in [0.4, 0.5) is 10.5 Å². The number of para-hydroxylation sites is 1. The number of nitrogens with one attached hydrogen (secondary N) is 1. The molecular formula is C20H17BrN2O4. The maximum absolute atomic E-state index is 12.9. The van der Waals surface area contributed by atoms with Crippen LogP contribution in [0, 0.1) is 0 Å². The number of rotatable bonds is 4. The van der Waals surface area contributed by atoms with Gasteiger partial charge in [-0.1, -0.05) is 34.1 Å². The Morgan fingerprint density at radius 2 is 1.70 bits per heavy atom. The zero-order valence-corrected chi connectivity index (χ0v) is 16.3. The number of nitrogens with zero attached hydrogens (tertiary/aromatic N) is 1. The van der Waals surface area contributed by atoms with Gasteiger partial charge in [-0.15, -0.1) is 0 Å². The van der Waals surface area contributed by atoms with E-state index in [2.05, 4.69) is 21.2 Å². The lowest BCUT2D eigenvalue weighted by molar-refractivity contribution is -0.122. The van der Waals surface area contributed by atoms with Crippen molar-refractivity contribution in [2.75, 3.05) is 4.90 Å². The van der Waals surface area contributed by atoms with Crippen molar-refractivity contribution in [3.05, 3.63) is 64.1 Å². The molecule has 1 N–H and O–H groups in total. The first-order valence-corrected chi connectivity index (χ1v) is 9.09. The maximum Gasteiger partial charge on any atom is 0.335 e. The molecule has 0 bridgehead atoms. The fourth-order valence-corrected chi connectivity index (χ4v) is 2.86. The summed E-state index contributed by atoms with van der Waals surface area (Å²) in [6.45, 7) is 3.77. The smallest absolute Gasteiger partial charge is 0.335 e. The molecule has 1 fully saturated rings. The largest absolute Gasteiger partial charge is 0.490 e. The molecule has 0 aromatic heterocycles. The molecule has 3 rings (SSSR count). The molecule has 138 valence electrons. The van der Waals surface area contributed by atoms with Crippen molar-refractivity contribution in [1.29, 1.82) is 0 Å². The second kappa shape index (κ2) is 7.75. The molecule has 0 saturated carbocycles. The van der Waals surface area contributed by atoms with Gasteiger partial charge in [-0.2, -0.15) is 0 Å². The van der Waals surface area contributed by atoms with Gasteiger partial charge in [0.1, 0.15) is 11.3 Å². The van der Waals surface area contributed by atoms with E-state index in [9.17, 15) is 14.4 Å². The number of hydrogen-bond donors (Lipinski definition) is 1. The number of anilines is 1. The van der Waals surface area contributed by atoms with Crippen LogP contribution in [0.15, 0.2) is 58.6 Å². The van der Waals surface area contributed by atoms with Crippen LogP contribution < -0.4 is 15.0 Å². The number of imide groups is 2. The zero-order chi connectivity index (χ0) is 19.6. The first-order chi connectivity index (χ1) is 12.9. The molecule has 2 aromatic carbocycles. The Bertz CT molecular complexity index is 935. The van der Waals surface area contributed by atoms with Gasteiger partial charge < -0.3 is 4.74 Å². The van der Waals surface area contributed by atoms with E-state index in [1.54, 1.807) is 48.5 Å². The van der Waals surface area contributed by atoms with Crippen LogP contribution in [0.1, 0.15) is 19.4 Å². The first kappa shape index (κ1) is 18.8. The third kappa shape index (κ3) is 4.09. The summed E-state index contributed by atoms with van der Waals surface area (Å²) in [5.41, 5.74) is 0.804. The van der Waals surface area contributed by atoms with Crippen molar-refractivity contribution >= 4 is 45.5 Å². The number of carbonyl (C=O) groups is 3. The molecule has 0 unspecified atom stereocenters. The topological polar surface area (TPSA) is 75.7 Å². The minimum absolute atomic E-state index is 0.0683. The summed E-state index contributed by atoms with van der Waals surface area (Å²) in [5, 5.41) is 2.21. The normalized spacial score (nSPS) is 16.1. The molecule has 4 amide bonds. The molecule has 0 atom stereocenters. The van der Waals surface area contributed by atoms with E-state index in [4.69, 9.17) is 4.74 Å². The molecule has 1 heterocycles. The maximum atomic E-state index is 12.9.